The van der Waals surface area contributed by atoms with Crippen molar-refractivity contribution in [2.45, 2.75) is 45.4 Å². The van der Waals surface area contributed by atoms with Gasteiger partial charge in [-0.05, 0) is 26.2 Å². The molecule has 1 aliphatic carbocycles. The van der Waals surface area contributed by atoms with Crippen molar-refractivity contribution in [1.29, 1.82) is 0 Å². The zero-order valence-corrected chi connectivity index (χ0v) is 12.2. The Morgan fingerprint density at radius 3 is 2.53 bits per heavy atom. The summed E-state index contributed by atoms with van der Waals surface area (Å²) in [6, 6.07) is 0. The molecule has 1 amide bonds. The SMILES string of the molecule is CCOC(=O)CCCNC(=O)C1(C(N)=S)CCCC1. The molecule has 19 heavy (non-hydrogen) atoms. The molecule has 0 unspecified atom stereocenters. The van der Waals surface area contributed by atoms with Gasteiger partial charge in [0.2, 0.25) is 5.91 Å². The average Bonchev–Trinajstić information content (AvgIpc) is 2.85. The van der Waals surface area contributed by atoms with Crippen LogP contribution in [0.1, 0.15) is 45.4 Å². The Labute approximate surface area is 119 Å². The van der Waals surface area contributed by atoms with E-state index in [9.17, 15) is 9.59 Å². The van der Waals surface area contributed by atoms with Crippen molar-refractivity contribution in [3.05, 3.63) is 0 Å². The summed E-state index contributed by atoms with van der Waals surface area (Å²) in [5, 5.41) is 2.83. The van der Waals surface area contributed by atoms with E-state index in [1.54, 1.807) is 6.92 Å². The van der Waals surface area contributed by atoms with Gasteiger partial charge in [-0.3, -0.25) is 9.59 Å². The van der Waals surface area contributed by atoms with Crippen LogP contribution in [0.2, 0.25) is 0 Å². The highest BCUT2D eigenvalue weighted by molar-refractivity contribution is 7.80. The fraction of sp³-hybridized carbons (Fsp3) is 0.769. The van der Waals surface area contributed by atoms with Gasteiger partial charge < -0.3 is 15.8 Å². The van der Waals surface area contributed by atoms with E-state index in [4.69, 9.17) is 22.7 Å². The Morgan fingerprint density at radius 2 is 2.00 bits per heavy atom. The number of thiocarbonyl (C=S) groups is 1. The lowest BCUT2D eigenvalue weighted by Crippen LogP contribution is -2.47. The van der Waals surface area contributed by atoms with E-state index in [0.717, 1.165) is 25.7 Å². The van der Waals surface area contributed by atoms with Crippen molar-refractivity contribution in [3.63, 3.8) is 0 Å². The molecule has 0 aromatic heterocycles. The minimum absolute atomic E-state index is 0.0960. The highest BCUT2D eigenvalue weighted by Crippen LogP contribution is 2.38. The molecule has 0 heterocycles. The third-order valence-corrected chi connectivity index (χ3v) is 3.90. The van der Waals surface area contributed by atoms with Crippen molar-refractivity contribution in [2.75, 3.05) is 13.2 Å². The lowest BCUT2D eigenvalue weighted by molar-refractivity contribution is -0.143. The first-order valence-corrected chi connectivity index (χ1v) is 7.17. The summed E-state index contributed by atoms with van der Waals surface area (Å²) in [7, 11) is 0. The molecule has 3 N–H and O–H groups in total. The van der Waals surface area contributed by atoms with Crippen LogP contribution in [0.15, 0.2) is 0 Å². The third-order valence-electron chi connectivity index (χ3n) is 3.51. The van der Waals surface area contributed by atoms with Crippen LogP contribution < -0.4 is 11.1 Å². The molecule has 0 aliphatic heterocycles. The zero-order valence-electron chi connectivity index (χ0n) is 11.4. The van der Waals surface area contributed by atoms with Gasteiger partial charge in [-0.25, -0.2) is 0 Å². The van der Waals surface area contributed by atoms with Gasteiger partial charge in [0.15, 0.2) is 0 Å². The lowest BCUT2D eigenvalue weighted by atomic mass is 9.85. The molecular weight excluding hydrogens is 264 g/mol. The summed E-state index contributed by atoms with van der Waals surface area (Å²) >= 11 is 5.04. The van der Waals surface area contributed by atoms with Crippen LogP contribution in [0.4, 0.5) is 0 Å². The van der Waals surface area contributed by atoms with Gasteiger partial charge in [-0.15, -0.1) is 0 Å². The van der Waals surface area contributed by atoms with Crippen molar-refractivity contribution < 1.29 is 14.3 Å². The molecule has 108 valence electrons. The molecule has 0 saturated heterocycles. The van der Waals surface area contributed by atoms with Gasteiger partial charge in [-0.2, -0.15) is 0 Å². The summed E-state index contributed by atoms with van der Waals surface area (Å²) in [5.74, 6) is -0.331. The number of nitrogens with two attached hydrogens (primary N) is 1. The van der Waals surface area contributed by atoms with E-state index >= 15 is 0 Å². The summed E-state index contributed by atoms with van der Waals surface area (Å²) in [5.41, 5.74) is 5.05. The highest BCUT2D eigenvalue weighted by Gasteiger charge is 2.43. The van der Waals surface area contributed by atoms with E-state index in [-0.39, 0.29) is 16.9 Å². The molecule has 1 rings (SSSR count). The molecule has 6 heteroatoms. The van der Waals surface area contributed by atoms with Crippen molar-refractivity contribution in [2.24, 2.45) is 11.1 Å². The lowest BCUT2D eigenvalue weighted by Gasteiger charge is -2.26. The number of esters is 1. The molecule has 0 spiro atoms. The first kappa shape index (κ1) is 15.9. The van der Waals surface area contributed by atoms with Gasteiger partial charge >= 0.3 is 5.97 Å². The average molecular weight is 286 g/mol. The Morgan fingerprint density at radius 1 is 1.37 bits per heavy atom. The van der Waals surface area contributed by atoms with Gasteiger partial charge in [0.1, 0.15) is 0 Å². The fourth-order valence-electron chi connectivity index (χ4n) is 2.40. The van der Waals surface area contributed by atoms with E-state index in [2.05, 4.69) is 5.32 Å². The van der Waals surface area contributed by atoms with Crippen molar-refractivity contribution in [3.8, 4) is 0 Å². The topological polar surface area (TPSA) is 81.4 Å². The van der Waals surface area contributed by atoms with Crippen LogP contribution in [-0.4, -0.2) is 30.0 Å². The largest absolute Gasteiger partial charge is 0.466 e. The summed E-state index contributed by atoms with van der Waals surface area (Å²) in [6.45, 7) is 2.60. The number of hydrogen-bond acceptors (Lipinski definition) is 4. The molecule has 0 aromatic carbocycles. The number of amides is 1. The van der Waals surface area contributed by atoms with Crippen LogP contribution in [0.3, 0.4) is 0 Å². The van der Waals surface area contributed by atoms with E-state index in [1.807, 2.05) is 0 Å². The Kier molecular flexibility index (Phi) is 6.21. The van der Waals surface area contributed by atoms with Crippen molar-refractivity contribution in [1.82, 2.24) is 5.32 Å². The highest BCUT2D eigenvalue weighted by atomic mass is 32.1. The third kappa shape index (κ3) is 4.16. The maximum atomic E-state index is 12.2. The van der Waals surface area contributed by atoms with Gasteiger partial charge in [0, 0.05) is 13.0 Å². The molecule has 1 aliphatic rings. The van der Waals surface area contributed by atoms with Crippen LogP contribution in [0.5, 0.6) is 0 Å². The Bertz CT molecular complexity index is 352. The molecule has 0 aromatic rings. The Hall–Kier alpha value is -1.17. The minimum Gasteiger partial charge on any atom is -0.466 e. The second-order valence-electron chi connectivity index (χ2n) is 4.82. The van der Waals surface area contributed by atoms with E-state index < -0.39 is 5.41 Å². The fourth-order valence-corrected chi connectivity index (χ4v) is 2.70. The molecule has 0 atom stereocenters. The van der Waals surface area contributed by atoms with Crippen LogP contribution in [-0.2, 0) is 14.3 Å². The number of rotatable bonds is 7. The van der Waals surface area contributed by atoms with Crippen molar-refractivity contribution >= 4 is 29.1 Å². The summed E-state index contributed by atoms with van der Waals surface area (Å²) in [6.07, 6.45) is 4.30. The van der Waals surface area contributed by atoms with Crippen LogP contribution >= 0.6 is 12.2 Å². The second kappa shape index (κ2) is 7.43. The van der Waals surface area contributed by atoms with Gasteiger partial charge in [-0.1, -0.05) is 25.1 Å². The normalized spacial score (nSPS) is 16.9. The van der Waals surface area contributed by atoms with Gasteiger partial charge in [0.25, 0.3) is 0 Å². The molecule has 0 bridgehead atoms. The van der Waals surface area contributed by atoms with Crippen LogP contribution in [0.25, 0.3) is 0 Å². The molecule has 5 nitrogen and oxygen atoms in total. The number of carbonyl (C=O) groups excluding carboxylic acids is 2. The Balaban J connectivity index is 2.34. The number of nitrogens with one attached hydrogen (secondary N) is 1. The molecule has 1 fully saturated rings. The zero-order chi connectivity index (χ0) is 14.3. The number of hydrogen-bond donors (Lipinski definition) is 2. The van der Waals surface area contributed by atoms with E-state index in [0.29, 0.717) is 26.0 Å². The maximum Gasteiger partial charge on any atom is 0.305 e. The predicted molar refractivity (Wildman–Crippen MR) is 76.6 cm³/mol. The minimum atomic E-state index is -0.667. The summed E-state index contributed by atoms with van der Waals surface area (Å²) < 4.78 is 4.81. The van der Waals surface area contributed by atoms with Crippen LogP contribution in [0, 0.1) is 5.41 Å². The standard InChI is InChI=1S/C13H22N2O3S/c1-2-18-10(16)6-5-9-15-12(17)13(11(14)19)7-3-4-8-13/h2-9H2,1H3,(H2,14,19)(H,15,17). The van der Waals surface area contributed by atoms with Gasteiger partial charge in [0.05, 0.1) is 17.0 Å². The smallest absolute Gasteiger partial charge is 0.305 e. The monoisotopic (exact) mass is 286 g/mol. The maximum absolute atomic E-state index is 12.2. The number of ether oxygens (including phenoxy) is 1. The number of carbonyl (C=O) groups is 2. The molecule has 0 radical (unpaired) electrons. The first-order valence-electron chi connectivity index (χ1n) is 6.77. The molecular formula is C13H22N2O3S. The second-order valence-corrected chi connectivity index (χ2v) is 5.26. The summed E-state index contributed by atoms with van der Waals surface area (Å²) in [4.78, 5) is 23.6. The predicted octanol–water partition coefficient (Wildman–Crippen LogP) is 1.29. The molecule has 1 saturated carbocycles. The first-order chi connectivity index (χ1) is 9.03. The van der Waals surface area contributed by atoms with E-state index in [1.165, 1.54) is 0 Å². The quantitative estimate of drug-likeness (QED) is 0.419.